The summed E-state index contributed by atoms with van der Waals surface area (Å²) in [5.74, 6) is -1.23. The van der Waals surface area contributed by atoms with Gasteiger partial charge in [-0.2, -0.15) is 0 Å². The molecule has 14 heteroatoms. The van der Waals surface area contributed by atoms with E-state index in [1.165, 1.54) is 15.2 Å². The molecule has 4 amide bonds. The van der Waals surface area contributed by atoms with E-state index in [0.717, 1.165) is 41.8 Å². The van der Waals surface area contributed by atoms with Crippen molar-refractivity contribution in [3.8, 4) is 0 Å². The Hall–Kier alpha value is -5.08. The minimum absolute atomic E-state index is 0.0142. The summed E-state index contributed by atoms with van der Waals surface area (Å²) in [6.45, 7) is 7.33. The fourth-order valence-electron chi connectivity index (χ4n) is 6.75. The number of hydrazine groups is 3. The highest BCUT2D eigenvalue weighted by atomic mass is 16.8. The van der Waals surface area contributed by atoms with E-state index in [1.54, 1.807) is 27.7 Å². The van der Waals surface area contributed by atoms with Crippen LogP contribution in [-0.4, -0.2) is 82.2 Å². The van der Waals surface area contributed by atoms with Gasteiger partial charge in [-0.15, -0.1) is 0 Å². The molecule has 4 unspecified atom stereocenters. The van der Waals surface area contributed by atoms with Crippen LogP contribution < -0.4 is 21.6 Å². The van der Waals surface area contributed by atoms with Gasteiger partial charge in [-0.05, 0) is 58.7 Å². The molecule has 4 aliphatic rings. The Labute approximate surface area is 304 Å². The lowest BCUT2D eigenvalue weighted by Crippen LogP contribution is -2.58. The maximum Gasteiger partial charge on any atom is 0.426 e. The molecule has 2 fully saturated rings. The summed E-state index contributed by atoms with van der Waals surface area (Å²) in [6.07, 6.45) is 6.08. The lowest BCUT2D eigenvalue weighted by atomic mass is 10.1. The van der Waals surface area contributed by atoms with Crippen molar-refractivity contribution in [1.29, 1.82) is 0 Å². The third-order valence-electron chi connectivity index (χ3n) is 9.34. The monoisotopic (exact) mass is 715 g/mol. The first-order valence-electron chi connectivity index (χ1n) is 18.1. The summed E-state index contributed by atoms with van der Waals surface area (Å²) >= 11 is 0. The zero-order chi connectivity index (χ0) is 36.9. The summed E-state index contributed by atoms with van der Waals surface area (Å²) < 4.78 is 10.9. The molecule has 0 aromatic heterocycles. The normalized spacial score (nSPS) is 26.1. The number of ether oxygens (including phenoxy) is 2. The van der Waals surface area contributed by atoms with E-state index < -0.39 is 47.3 Å². The largest absolute Gasteiger partial charge is 0.464 e. The molecule has 4 atom stereocenters. The molecule has 0 radical (unpaired) electrons. The van der Waals surface area contributed by atoms with Gasteiger partial charge >= 0.3 is 18.1 Å². The van der Waals surface area contributed by atoms with Crippen LogP contribution in [0.1, 0.15) is 77.3 Å². The summed E-state index contributed by atoms with van der Waals surface area (Å²) in [6, 6.07) is 18.0. The molecule has 14 nitrogen and oxygen atoms in total. The Morgan fingerprint density at radius 1 is 0.942 bits per heavy atom. The second-order valence-electron chi connectivity index (χ2n) is 14.4. The number of hydrogen-bond donors (Lipinski definition) is 4. The molecule has 1 saturated carbocycles. The number of benzene rings is 2. The summed E-state index contributed by atoms with van der Waals surface area (Å²) in [7, 11) is 0. The second-order valence-corrected chi connectivity index (χ2v) is 14.4. The average Bonchev–Trinajstić information content (AvgIpc) is 3.41. The molecular weight excluding hydrogens is 666 g/mol. The molecule has 2 aromatic rings. The number of carbonyl (C=O) groups is 4. The minimum atomic E-state index is -1.22. The molecule has 0 bridgehead atoms. The van der Waals surface area contributed by atoms with Crippen molar-refractivity contribution < 1.29 is 33.5 Å². The second kappa shape index (κ2) is 15.7. The van der Waals surface area contributed by atoms with Gasteiger partial charge in [0.2, 0.25) is 5.91 Å². The fourth-order valence-corrected chi connectivity index (χ4v) is 6.75. The van der Waals surface area contributed by atoms with E-state index in [-0.39, 0.29) is 32.0 Å². The van der Waals surface area contributed by atoms with Crippen LogP contribution in [0.5, 0.6) is 0 Å². The molecule has 1 saturated heterocycles. The summed E-state index contributed by atoms with van der Waals surface area (Å²) in [5, 5.41) is 5.58. The van der Waals surface area contributed by atoms with Crippen molar-refractivity contribution in [3.05, 3.63) is 83.9 Å². The number of nitrogens with one attached hydrogen (secondary N) is 4. The number of fused-ring (bicyclic) bond motifs is 2. The van der Waals surface area contributed by atoms with Crippen LogP contribution in [0.3, 0.4) is 0 Å². The SMILES string of the molecule is CCOC(=O)C12CC1/C=C\CCCCCN(NC(=O)OC(C)(C)C)C(=O)N1CC(ON3NC(c4ccccc4)=C(c4ccccc4)N3)CC1C(=O)N2. The van der Waals surface area contributed by atoms with Gasteiger partial charge in [0.1, 0.15) is 23.3 Å². The summed E-state index contributed by atoms with van der Waals surface area (Å²) in [5.41, 5.74) is 10.6. The Bertz CT molecular complexity index is 1630. The lowest BCUT2D eigenvalue weighted by molar-refractivity contribution is -0.232. The van der Waals surface area contributed by atoms with Crippen molar-refractivity contribution in [2.45, 2.75) is 89.5 Å². The average molecular weight is 716 g/mol. The van der Waals surface area contributed by atoms with Crippen molar-refractivity contribution in [2.75, 3.05) is 19.7 Å². The smallest absolute Gasteiger partial charge is 0.426 e. The zero-order valence-corrected chi connectivity index (χ0v) is 30.2. The van der Waals surface area contributed by atoms with Gasteiger partial charge in [-0.3, -0.25) is 20.5 Å². The topological polar surface area (TPSA) is 154 Å². The van der Waals surface area contributed by atoms with Crippen molar-refractivity contribution in [3.63, 3.8) is 0 Å². The molecule has 2 aromatic carbocycles. The third-order valence-corrected chi connectivity index (χ3v) is 9.34. The molecule has 4 N–H and O–H groups in total. The molecular formula is C38H49N7O7. The molecule has 6 rings (SSSR count). The number of rotatable bonds is 7. The Kier molecular flexibility index (Phi) is 11.1. The molecule has 52 heavy (non-hydrogen) atoms. The highest BCUT2D eigenvalue weighted by Gasteiger charge is 2.62. The zero-order valence-electron chi connectivity index (χ0n) is 30.2. The first-order valence-corrected chi connectivity index (χ1v) is 18.1. The van der Waals surface area contributed by atoms with Crippen molar-refractivity contribution in [2.24, 2.45) is 5.92 Å². The quantitative estimate of drug-likeness (QED) is 0.236. The molecule has 3 heterocycles. The molecule has 3 aliphatic heterocycles. The number of nitrogens with zero attached hydrogens (tertiary/aromatic N) is 3. The van der Waals surface area contributed by atoms with Crippen molar-refractivity contribution in [1.82, 2.24) is 36.8 Å². The van der Waals surface area contributed by atoms with Gasteiger partial charge in [-0.25, -0.2) is 24.8 Å². The number of urea groups is 1. The Morgan fingerprint density at radius 3 is 2.21 bits per heavy atom. The maximum absolute atomic E-state index is 14.4. The number of carbonyl (C=O) groups excluding carboxylic acids is 4. The van der Waals surface area contributed by atoms with Gasteiger partial charge in [0.15, 0.2) is 0 Å². The Balaban J connectivity index is 1.26. The van der Waals surface area contributed by atoms with Crippen molar-refractivity contribution >= 4 is 35.4 Å². The highest BCUT2D eigenvalue weighted by Crippen LogP contribution is 2.46. The van der Waals surface area contributed by atoms with Crippen LogP contribution in [0.4, 0.5) is 9.59 Å². The standard InChI is InChI=1S/C38H49N7O7/c1-5-50-34(47)38-24-28(38)21-15-7-6-8-16-22-44(42-35(48)51-37(2,3)4)36(49)43-25-29(23-30(43)33(46)39-38)52-45-40-31(26-17-11-9-12-18-26)32(41-45)27-19-13-10-14-20-27/h9-15,17-21,28-30,40-41H,5-8,16,22-25H2,1-4H3,(H,39,46)(H,42,48)/b21-15-. The van der Waals surface area contributed by atoms with Crippen LogP contribution in [0.25, 0.3) is 11.4 Å². The molecule has 0 spiro atoms. The van der Waals surface area contributed by atoms with Crippen LogP contribution in [0.2, 0.25) is 0 Å². The Morgan fingerprint density at radius 2 is 1.60 bits per heavy atom. The predicted octanol–water partition coefficient (Wildman–Crippen LogP) is 4.64. The van der Waals surface area contributed by atoms with Gasteiger partial charge in [-0.1, -0.05) is 79.2 Å². The van der Waals surface area contributed by atoms with Crippen LogP contribution in [0, 0.1) is 5.92 Å². The lowest BCUT2D eigenvalue weighted by Gasteiger charge is -2.32. The van der Waals surface area contributed by atoms with E-state index in [9.17, 15) is 19.2 Å². The molecule has 278 valence electrons. The molecule has 1 aliphatic carbocycles. The number of amides is 4. The first-order chi connectivity index (χ1) is 25.0. The van der Waals surface area contributed by atoms with Gasteiger partial charge < -0.3 is 19.7 Å². The predicted molar refractivity (Wildman–Crippen MR) is 192 cm³/mol. The highest BCUT2D eigenvalue weighted by molar-refractivity contribution is 5.95. The van der Waals surface area contributed by atoms with Gasteiger partial charge in [0.05, 0.1) is 24.5 Å². The van der Waals surface area contributed by atoms with E-state index in [2.05, 4.69) is 21.6 Å². The minimum Gasteiger partial charge on any atom is -0.464 e. The van der Waals surface area contributed by atoms with Gasteiger partial charge in [0, 0.05) is 30.0 Å². The van der Waals surface area contributed by atoms with E-state index >= 15 is 0 Å². The number of allylic oxidation sites excluding steroid dienone is 1. The number of esters is 1. The fraction of sp³-hybridized carbons (Fsp3) is 0.474. The number of hydrogen-bond acceptors (Lipinski definition) is 10. The van der Waals surface area contributed by atoms with E-state index in [4.69, 9.17) is 14.3 Å². The maximum atomic E-state index is 14.4. The van der Waals surface area contributed by atoms with Crippen LogP contribution >= 0.6 is 0 Å². The third kappa shape index (κ3) is 8.51. The van der Waals surface area contributed by atoms with E-state index in [1.807, 2.05) is 72.8 Å². The van der Waals surface area contributed by atoms with E-state index in [0.29, 0.717) is 12.8 Å². The first kappa shape index (κ1) is 36.7. The summed E-state index contributed by atoms with van der Waals surface area (Å²) in [4.78, 5) is 62.6. The van der Waals surface area contributed by atoms with Crippen LogP contribution in [-0.2, 0) is 23.9 Å². The van der Waals surface area contributed by atoms with Crippen LogP contribution in [0.15, 0.2) is 72.8 Å². The van der Waals surface area contributed by atoms with Gasteiger partial charge in [0.25, 0.3) is 0 Å².